The molecule has 0 saturated carbocycles. The van der Waals surface area contributed by atoms with E-state index in [-0.39, 0.29) is 12.2 Å². The molecule has 1 unspecified atom stereocenters. The number of aromatic nitrogens is 4. The molecule has 10 heteroatoms. The number of anilines is 3. The first-order chi connectivity index (χ1) is 17.7. The third kappa shape index (κ3) is 6.02. The predicted octanol–water partition coefficient (Wildman–Crippen LogP) is 4.60. The van der Waals surface area contributed by atoms with Crippen molar-refractivity contribution in [1.29, 1.82) is 0 Å². The monoisotopic (exact) mass is 505 g/mol. The van der Waals surface area contributed by atoms with Crippen LogP contribution in [0.4, 0.5) is 22.2 Å². The van der Waals surface area contributed by atoms with E-state index in [1.165, 1.54) is 0 Å². The van der Waals surface area contributed by atoms with Crippen LogP contribution in [0.5, 0.6) is 0 Å². The van der Waals surface area contributed by atoms with Crippen molar-refractivity contribution in [1.82, 2.24) is 24.4 Å². The number of ether oxygens (including phenoxy) is 2. The van der Waals surface area contributed by atoms with Gasteiger partial charge in [-0.1, -0.05) is 0 Å². The highest BCUT2D eigenvalue weighted by Crippen LogP contribution is 2.28. The van der Waals surface area contributed by atoms with Crippen LogP contribution in [0, 0.1) is 6.92 Å². The summed E-state index contributed by atoms with van der Waals surface area (Å²) < 4.78 is 13.4. The molecular formula is C27H35N7O3. The SMILES string of the molecule is Cc1nccn1-c1ccc(Nc2nc3c(c(NCC4CCCO4)n2)CN(C(=O)OC(C)(C)C)CC3)cc1. The van der Waals surface area contributed by atoms with E-state index in [4.69, 9.17) is 19.4 Å². The number of carbonyl (C=O) groups excluding carboxylic acids is 1. The van der Waals surface area contributed by atoms with Gasteiger partial charge in [0.2, 0.25) is 5.95 Å². The van der Waals surface area contributed by atoms with Crippen molar-refractivity contribution in [3.8, 4) is 5.69 Å². The van der Waals surface area contributed by atoms with Crippen LogP contribution in [-0.4, -0.2) is 61.9 Å². The first-order valence-electron chi connectivity index (χ1n) is 12.9. The molecule has 1 aromatic carbocycles. The molecule has 37 heavy (non-hydrogen) atoms. The van der Waals surface area contributed by atoms with Crippen molar-refractivity contribution in [2.24, 2.45) is 0 Å². The maximum Gasteiger partial charge on any atom is 0.410 e. The van der Waals surface area contributed by atoms with E-state index < -0.39 is 5.60 Å². The molecule has 0 aliphatic carbocycles. The van der Waals surface area contributed by atoms with Gasteiger partial charge in [0.05, 0.1) is 18.3 Å². The highest BCUT2D eigenvalue weighted by atomic mass is 16.6. The van der Waals surface area contributed by atoms with Crippen LogP contribution in [0.3, 0.4) is 0 Å². The molecule has 0 radical (unpaired) electrons. The van der Waals surface area contributed by atoms with Crippen molar-refractivity contribution in [3.63, 3.8) is 0 Å². The van der Waals surface area contributed by atoms with Gasteiger partial charge in [-0.05, 0) is 64.8 Å². The smallest absolute Gasteiger partial charge is 0.410 e. The number of amides is 1. The normalized spacial score (nSPS) is 17.4. The van der Waals surface area contributed by atoms with Crippen molar-refractivity contribution in [3.05, 3.63) is 53.7 Å². The summed E-state index contributed by atoms with van der Waals surface area (Å²) in [7, 11) is 0. The Morgan fingerprint density at radius 3 is 2.70 bits per heavy atom. The van der Waals surface area contributed by atoms with Crippen LogP contribution in [0.25, 0.3) is 5.69 Å². The highest BCUT2D eigenvalue weighted by Gasteiger charge is 2.29. The van der Waals surface area contributed by atoms with Crippen LogP contribution in [0.1, 0.15) is 50.7 Å². The van der Waals surface area contributed by atoms with E-state index in [2.05, 4.69) is 15.6 Å². The summed E-state index contributed by atoms with van der Waals surface area (Å²) in [6.45, 7) is 10.0. The number of nitrogens with one attached hydrogen (secondary N) is 2. The fraction of sp³-hybridized carbons (Fsp3) is 0.481. The Labute approximate surface area is 217 Å². The molecule has 5 rings (SSSR count). The number of benzene rings is 1. The molecule has 1 atom stereocenters. The Kier molecular flexibility index (Phi) is 7.01. The number of nitrogens with zero attached hydrogens (tertiary/aromatic N) is 5. The maximum atomic E-state index is 12.7. The fourth-order valence-electron chi connectivity index (χ4n) is 4.60. The quantitative estimate of drug-likeness (QED) is 0.501. The first-order valence-corrected chi connectivity index (χ1v) is 12.9. The second-order valence-electron chi connectivity index (χ2n) is 10.5. The standard InChI is InChI=1S/C27H35N7O3/c1-18-28-12-14-34(18)20-9-7-19(8-10-20)30-25-31-23-11-13-33(26(35)37-27(2,3)4)17-22(23)24(32-25)29-16-21-6-5-15-36-21/h7-10,12,14,21H,5-6,11,13,15-17H2,1-4H3,(H2,29,30,31,32). The lowest BCUT2D eigenvalue weighted by atomic mass is 10.1. The number of imidazole rings is 1. The molecular weight excluding hydrogens is 470 g/mol. The third-order valence-electron chi connectivity index (χ3n) is 6.46. The van der Waals surface area contributed by atoms with Crippen LogP contribution in [0.15, 0.2) is 36.7 Å². The van der Waals surface area contributed by atoms with E-state index in [1.807, 2.05) is 62.7 Å². The Morgan fingerprint density at radius 1 is 1.22 bits per heavy atom. The number of hydrogen-bond acceptors (Lipinski definition) is 8. The summed E-state index contributed by atoms with van der Waals surface area (Å²) in [6.07, 6.45) is 6.29. The molecule has 4 heterocycles. The van der Waals surface area contributed by atoms with E-state index in [1.54, 1.807) is 11.1 Å². The van der Waals surface area contributed by atoms with Gasteiger partial charge in [0.25, 0.3) is 0 Å². The van der Waals surface area contributed by atoms with Gasteiger partial charge in [-0.15, -0.1) is 0 Å². The number of rotatable bonds is 6. The molecule has 0 bridgehead atoms. The molecule has 2 N–H and O–H groups in total. The van der Waals surface area contributed by atoms with E-state index in [0.29, 0.717) is 32.0 Å². The minimum Gasteiger partial charge on any atom is -0.444 e. The van der Waals surface area contributed by atoms with Crippen molar-refractivity contribution >= 4 is 23.5 Å². The molecule has 1 saturated heterocycles. The minimum absolute atomic E-state index is 0.159. The van der Waals surface area contributed by atoms with Gasteiger partial charge in [0.15, 0.2) is 0 Å². The van der Waals surface area contributed by atoms with Gasteiger partial charge < -0.3 is 29.6 Å². The lowest BCUT2D eigenvalue weighted by molar-refractivity contribution is 0.0223. The molecule has 10 nitrogen and oxygen atoms in total. The van der Waals surface area contributed by atoms with E-state index in [9.17, 15) is 4.79 Å². The third-order valence-corrected chi connectivity index (χ3v) is 6.46. The van der Waals surface area contributed by atoms with Gasteiger partial charge >= 0.3 is 6.09 Å². The van der Waals surface area contributed by atoms with Crippen molar-refractivity contribution in [2.75, 3.05) is 30.3 Å². The number of fused-ring (bicyclic) bond motifs is 1. The number of carbonyl (C=O) groups is 1. The Bertz CT molecular complexity index is 1240. The number of hydrogen-bond donors (Lipinski definition) is 2. The zero-order chi connectivity index (χ0) is 26.0. The van der Waals surface area contributed by atoms with Crippen LogP contribution >= 0.6 is 0 Å². The zero-order valence-electron chi connectivity index (χ0n) is 22.0. The van der Waals surface area contributed by atoms with Gasteiger partial charge in [0.1, 0.15) is 17.2 Å². The Morgan fingerprint density at radius 2 is 2.03 bits per heavy atom. The van der Waals surface area contributed by atoms with Gasteiger partial charge in [-0.25, -0.2) is 14.8 Å². The molecule has 196 valence electrons. The number of aryl methyl sites for hydroxylation is 1. The fourth-order valence-corrected chi connectivity index (χ4v) is 4.60. The molecule has 1 fully saturated rings. The van der Waals surface area contributed by atoms with Crippen LogP contribution in [0.2, 0.25) is 0 Å². The second kappa shape index (κ2) is 10.4. The molecule has 2 aliphatic rings. The minimum atomic E-state index is -0.547. The summed E-state index contributed by atoms with van der Waals surface area (Å²) in [6, 6.07) is 8.07. The van der Waals surface area contributed by atoms with Gasteiger partial charge in [-0.3, -0.25) is 0 Å². The first kappa shape index (κ1) is 25.0. The second-order valence-corrected chi connectivity index (χ2v) is 10.5. The summed E-state index contributed by atoms with van der Waals surface area (Å²) in [5, 5.41) is 6.83. The van der Waals surface area contributed by atoms with Crippen LogP contribution in [-0.2, 0) is 22.4 Å². The lowest BCUT2D eigenvalue weighted by Crippen LogP contribution is -2.40. The van der Waals surface area contributed by atoms with Crippen LogP contribution < -0.4 is 10.6 Å². The highest BCUT2D eigenvalue weighted by molar-refractivity contribution is 5.69. The molecule has 1 amide bonds. The van der Waals surface area contributed by atoms with Gasteiger partial charge in [-0.2, -0.15) is 4.98 Å². The lowest BCUT2D eigenvalue weighted by Gasteiger charge is -2.31. The van der Waals surface area contributed by atoms with E-state index in [0.717, 1.165) is 53.7 Å². The maximum absolute atomic E-state index is 12.7. The predicted molar refractivity (Wildman–Crippen MR) is 141 cm³/mol. The Balaban J connectivity index is 1.37. The van der Waals surface area contributed by atoms with E-state index >= 15 is 0 Å². The zero-order valence-corrected chi connectivity index (χ0v) is 22.0. The molecule has 2 aromatic heterocycles. The molecule has 2 aliphatic heterocycles. The summed E-state index contributed by atoms with van der Waals surface area (Å²) in [5.41, 5.74) is 3.23. The summed E-state index contributed by atoms with van der Waals surface area (Å²) in [4.78, 5) is 28.4. The summed E-state index contributed by atoms with van der Waals surface area (Å²) >= 11 is 0. The molecule has 3 aromatic rings. The van der Waals surface area contributed by atoms with Crippen molar-refractivity contribution < 1.29 is 14.3 Å². The molecule has 0 spiro atoms. The Hall–Kier alpha value is -3.66. The summed E-state index contributed by atoms with van der Waals surface area (Å²) in [5.74, 6) is 2.17. The largest absolute Gasteiger partial charge is 0.444 e. The van der Waals surface area contributed by atoms with Gasteiger partial charge in [0, 0.05) is 55.4 Å². The van der Waals surface area contributed by atoms with Crippen molar-refractivity contribution in [2.45, 2.75) is 65.2 Å². The average Bonchev–Trinajstić information content (AvgIpc) is 3.53. The topological polar surface area (TPSA) is 106 Å². The average molecular weight is 506 g/mol.